The Morgan fingerprint density at radius 2 is 1.90 bits per heavy atom. The van der Waals surface area contributed by atoms with Crippen molar-refractivity contribution in [3.05, 3.63) is 33.4 Å². The number of nitrogens with zero attached hydrogens (tertiary/aromatic N) is 2. The molecule has 1 saturated heterocycles. The molecule has 8 nitrogen and oxygen atoms in total. The first-order valence-electron chi connectivity index (χ1n) is 9.31. The molecule has 0 unspecified atom stereocenters. The highest BCUT2D eigenvalue weighted by Gasteiger charge is 2.59. The number of amides is 2. The molecule has 9 heteroatoms. The van der Waals surface area contributed by atoms with Crippen molar-refractivity contribution in [1.29, 1.82) is 0 Å². The second-order valence-electron chi connectivity index (χ2n) is 7.18. The van der Waals surface area contributed by atoms with Gasteiger partial charge in [0.25, 0.3) is 11.8 Å². The van der Waals surface area contributed by atoms with E-state index < -0.39 is 12.6 Å². The second-order valence-corrected chi connectivity index (χ2v) is 8.34. The van der Waals surface area contributed by atoms with Crippen LogP contribution in [0.2, 0.25) is 0 Å². The molecule has 1 aromatic rings. The van der Waals surface area contributed by atoms with Crippen LogP contribution < -0.4 is 9.47 Å². The number of carbonyl (C=O) groups excluding carboxylic acids is 2. The highest BCUT2D eigenvalue weighted by molar-refractivity contribution is 14.1. The summed E-state index contributed by atoms with van der Waals surface area (Å²) in [6.45, 7) is 1.68. The minimum atomic E-state index is -1.09. The molecule has 152 valence electrons. The fourth-order valence-electron chi connectivity index (χ4n) is 4.32. The number of imide groups is 1. The Balaban J connectivity index is 1.56. The molecule has 0 aromatic heterocycles. The molecule has 1 aromatic carbocycles. The van der Waals surface area contributed by atoms with Gasteiger partial charge in [0, 0.05) is 0 Å². The first-order chi connectivity index (χ1) is 13.9. The maximum atomic E-state index is 12.7. The van der Waals surface area contributed by atoms with E-state index in [0.717, 1.165) is 11.4 Å². The summed E-state index contributed by atoms with van der Waals surface area (Å²) in [5.41, 5.74) is 0.610. The second kappa shape index (κ2) is 7.77. The van der Waals surface area contributed by atoms with Gasteiger partial charge in [0.1, 0.15) is 0 Å². The standard InChI is InChI=1S/C20H19IN2O6/c1-2-28-14-6-10(5-13(21)18(14)29-9-15(24)25)8-22-23-19(26)16-11-3-4-12(7-11)17(16)20(23)27/h3-6,8,11-12,16-17H,2,7,9H2,1H3,(H,24,25)/t11-,12-,16-,17+/m0/s1. The van der Waals surface area contributed by atoms with Crippen LogP contribution in [0.5, 0.6) is 11.5 Å². The van der Waals surface area contributed by atoms with Crippen LogP contribution in [-0.4, -0.2) is 47.3 Å². The number of carbonyl (C=O) groups is 3. The number of hydrogen-bond acceptors (Lipinski definition) is 6. The third-order valence-electron chi connectivity index (χ3n) is 5.44. The van der Waals surface area contributed by atoms with Crippen molar-refractivity contribution in [1.82, 2.24) is 5.01 Å². The third-order valence-corrected chi connectivity index (χ3v) is 6.24. The molecule has 1 saturated carbocycles. The minimum Gasteiger partial charge on any atom is -0.490 e. The number of benzene rings is 1. The number of halogens is 1. The number of carboxylic acid groups (broad SMARTS) is 1. The number of hydrazone groups is 1. The summed E-state index contributed by atoms with van der Waals surface area (Å²) in [6, 6.07) is 3.37. The maximum absolute atomic E-state index is 12.7. The van der Waals surface area contributed by atoms with E-state index in [2.05, 4.69) is 5.10 Å². The van der Waals surface area contributed by atoms with Gasteiger partial charge >= 0.3 is 5.97 Å². The van der Waals surface area contributed by atoms with Crippen LogP contribution in [0.15, 0.2) is 29.4 Å². The molecule has 1 heterocycles. The molecule has 1 N–H and O–H groups in total. The fourth-order valence-corrected chi connectivity index (χ4v) is 5.11. The van der Waals surface area contributed by atoms with E-state index in [1.807, 2.05) is 34.7 Å². The number of carboxylic acids is 1. The normalized spacial score (nSPS) is 27.2. The average Bonchev–Trinajstić information content (AvgIpc) is 3.34. The Bertz CT molecular complexity index is 913. The molecule has 0 radical (unpaired) electrons. The lowest BCUT2D eigenvalue weighted by Gasteiger charge is -2.14. The van der Waals surface area contributed by atoms with Gasteiger partial charge in [-0.25, -0.2) is 4.79 Å². The van der Waals surface area contributed by atoms with Crippen molar-refractivity contribution in [3.8, 4) is 11.5 Å². The van der Waals surface area contributed by atoms with Crippen LogP contribution in [0, 0.1) is 27.2 Å². The lowest BCUT2D eigenvalue weighted by atomic mass is 9.85. The van der Waals surface area contributed by atoms with E-state index in [-0.39, 0.29) is 35.5 Å². The van der Waals surface area contributed by atoms with Crippen molar-refractivity contribution in [2.45, 2.75) is 13.3 Å². The summed E-state index contributed by atoms with van der Waals surface area (Å²) in [5.74, 6) is -1.17. The Morgan fingerprint density at radius 1 is 1.24 bits per heavy atom. The summed E-state index contributed by atoms with van der Waals surface area (Å²) in [7, 11) is 0. The monoisotopic (exact) mass is 510 g/mol. The predicted octanol–water partition coefficient (Wildman–Crippen LogP) is 2.29. The quantitative estimate of drug-likeness (QED) is 0.261. The summed E-state index contributed by atoms with van der Waals surface area (Å²) in [4.78, 5) is 36.2. The molecule has 1 aliphatic heterocycles. The molecule has 29 heavy (non-hydrogen) atoms. The van der Waals surface area contributed by atoms with Crippen LogP contribution in [0.4, 0.5) is 0 Å². The van der Waals surface area contributed by atoms with Crippen molar-refractivity contribution in [2.75, 3.05) is 13.2 Å². The van der Waals surface area contributed by atoms with E-state index in [9.17, 15) is 14.4 Å². The zero-order valence-electron chi connectivity index (χ0n) is 15.6. The Kier molecular flexibility index (Phi) is 5.32. The van der Waals surface area contributed by atoms with Crippen molar-refractivity contribution >= 4 is 46.6 Å². The third kappa shape index (κ3) is 3.52. The summed E-state index contributed by atoms with van der Waals surface area (Å²) < 4.78 is 11.5. The SMILES string of the molecule is CCOc1cc(C=NN2C(=O)[C@@H]3[C@H](C2=O)[C@H]2C=C[C@H]3C2)cc(I)c1OCC(=O)O. The van der Waals surface area contributed by atoms with Gasteiger partial charge in [-0.3, -0.25) is 9.59 Å². The Labute approximate surface area is 180 Å². The lowest BCUT2D eigenvalue weighted by molar-refractivity contribution is -0.141. The minimum absolute atomic E-state index is 0.137. The topological polar surface area (TPSA) is 106 Å². The molecule has 2 fully saturated rings. The van der Waals surface area contributed by atoms with Crippen LogP contribution in [0.1, 0.15) is 18.9 Å². The molecular weight excluding hydrogens is 491 g/mol. The number of hydrogen-bond donors (Lipinski definition) is 1. The van der Waals surface area contributed by atoms with Crippen molar-refractivity contribution in [2.24, 2.45) is 28.8 Å². The number of ether oxygens (including phenoxy) is 2. The van der Waals surface area contributed by atoms with Crippen LogP contribution in [-0.2, 0) is 14.4 Å². The van der Waals surface area contributed by atoms with E-state index in [1.54, 1.807) is 19.1 Å². The van der Waals surface area contributed by atoms with Gasteiger partial charge in [-0.1, -0.05) is 12.2 Å². The summed E-state index contributed by atoms with van der Waals surface area (Å²) in [6.07, 6.45) is 6.39. The van der Waals surface area contributed by atoms with Crippen LogP contribution >= 0.6 is 22.6 Å². The number of rotatable bonds is 7. The lowest BCUT2D eigenvalue weighted by Crippen LogP contribution is -2.28. The Morgan fingerprint density at radius 3 is 2.48 bits per heavy atom. The smallest absolute Gasteiger partial charge is 0.341 e. The highest BCUT2D eigenvalue weighted by Crippen LogP contribution is 2.52. The van der Waals surface area contributed by atoms with Gasteiger partial charge in [0.15, 0.2) is 18.1 Å². The molecule has 2 bridgehead atoms. The molecule has 0 spiro atoms. The van der Waals surface area contributed by atoms with Gasteiger partial charge in [0.05, 0.1) is 28.2 Å². The van der Waals surface area contributed by atoms with E-state index >= 15 is 0 Å². The van der Waals surface area contributed by atoms with Crippen molar-refractivity contribution in [3.63, 3.8) is 0 Å². The predicted molar refractivity (Wildman–Crippen MR) is 111 cm³/mol. The van der Waals surface area contributed by atoms with E-state index in [0.29, 0.717) is 27.2 Å². The van der Waals surface area contributed by atoms with Crippen LogP contribution in [0.3, 0.4) is 0 Å². The molecule has 3 aliphatic rings. The highest BCUT2D eigenvalue weighted by atomic mass is 127. The molecule has 2 amide bonds. The number of fused-ring (bicyclic) bond motifs is 5. The molecule has 2 aliphatic carbocycles. The van der Waals surface area contributed by atoms with Crippen LogP contribution in [0.25, 0.3) is 0 Å². The number of allylic oxidation sites excluding steroid dienone is 2. The largest absolute Gasteiger partial charge is 0.490 e. The van der Waals surface area contributed by atoms with Gasteiger partial charge in [-0.15, -0.1) is 0 Å². The summed E-state index contributed by atoms with van der Waals surface area (Å²) in [5, 5.41) is 14.0. The van der Waals surface area contributed by atoms with Gasteiger partial charge in [-0.05, 0) is 65.5 Å². The fraction of sp³-hybridized carbons (Fsp3) is 0.400. The van der Waals surface area contributed by atoms with E-state index in [1.165, 1.54) is 6.21 Å². The van der Waals surface area contributed by atoms with Gasteiger partial charge < -0.3 is 14.6 Å². The van der Waals surface area contributed by atoms with Gasteiger partial charge in [0.2, 0.25) is 0 Å². The summed E-state index contributed by atoms with van der Waals surface area (Å²) >= 11 is 2.01. The zero-order valence-corrected chi connectivity index (χ0v) is 17.7. The van der Waals surface area contributed by atoms with Crippen molar-refractivity contribution < 1.29 is 29.0 Å². The molecular formula is C20H19IN2O6. The van der Waals surface area contributed by atoms with Gasteiger partial charge in [-0.2, -0.15) is 10.1 Å². The number of aliphatic carboxylic acids is 1. The average molecular weight is 510 g/mol. The Hall–Kier alpha value is -2.43. The maximum Gasteiger partial charge on any atom is 0.341 e. The first-order valence-corrected chi connectivity index (χ1v) is 10.4. The molecule has 4 rings (SSSR count). The molecule has 4 atom stereocenters. The van der Waals surface area contributed by atoms with E-state index in [4.69, 9.17) is 14.6 Å². The zero-order chi connectivity index (χ0) is 20.7. The first kappa shape index (κ1) is 19.9.